The topological polar surface area (TPSA) is 200 Å². The average Bonchev–Trinajstić information content (AvgIpc) is 4.20. The fourth-order valence-electron chi connectivity index (χ4n) is 9.91. The van der Waals surface area contributed by atoms with E-state index in [1.807, 2.05) is 50.2 Å². The molecule has 4 unspecified atom stereocenters. The van der Waals surface area contributed by atoms with E-state index in [9.17, 15) is 20.4 Å². The summed E-state index contributed by atoms with van der Waals surface area (Å²) in [4.78, 5) is 25.8. The summed E-state index contributed by atoms with van der Waals surface area (Å²) < 4.78 is 23.5. The highest BCUT2D eigenvalue weighted by molar-refractivity contribution is 5.78. The molecule has 0 spiro atoms. The molecule has 0 radical (unpaired) electrons. The van der Waals surface area contributed by atoms with Crippen LogP contribution < -0.4 is 14.8 Å². The Morgan fingerprint density at radius 1 is 0.848 bits per heavy atom. The van der Waals surface area contributed by atoms with Crippen LogP contribution in [0.15, 0.2) is 81.8 Å². The van der Waals surface area contributed by atoms with Crippen LogP contribution in [0.5, 0.6) is 11.5 Å². The van der Waals surface area contributed by atoms with Crippen molar-refractivity contribution in [3.63, 3.8) is 0 Å². The Morgan fingerprint density at radius 3 is 2.08 bits per heavy atom. The average molecular weight is 888 g/mol. The van der Waals surface area contributed by atoms with Gasteiger partial charge >= 0.3 is 0 Å². The summed E-state index contributed by atoms with van der Waals surface area (Å²) in [5.74, 6) is 2.86. The van der Waals surface area contributed by atoms with E-state index < -0.39 is 6.61 Å². The van der Waals surface area contributed by atoms with Crippen LogP contribution in [0.3, 0.4) is 0 Å². The molecule has 1 saturated heterocycles. The Kier molecular flexibility index (Phi) is 12.9. The second-order valence-electron chi connectivity index (χ2n) is 17.8. The summed E-state index contributed by atoms with van der Waals surface area (Å²) in [5, 5.41) is 41.7. The molecule has 0 bridgehead atoms. The Morgan fingerprint density at radius 2 is 1.45 bits per heavy atom. The predicted molar refractivity (Wildman–Crippen MR) is 245 cm³/mol. The van der Waals surface area contributed by atoms with E-state index in [0.717, 1.165) is 87.0 Å². The molecule has 1 amide bonds. The first-order valence-electron chi connectivity index (χ1n) is 22.8. The van der Waals surface area contributed by atoms with Crippen LogP contribution in [0, 0.1) is 28.6 Å². The molecule has 3 aliphatic rings. The zero-order valence-electron chi connectivity index (χ0n) is 37.7. The van der Waals surface area contributed by atoms with Gasteiger partial charge in [-0.05, 0) is 130 Å². The first kappa shape index (κ1) is 44.3. The molecule has 2 aliphatic carbocycles. The second-order valence-corrected chi connectivity index (χ2v) is 17.8. The van der Waals surface area contributed by atoms with Crippen LogP contribution in [-0.4, -0.2) is 93.1 Å². The summed E-state index contributed by atoms with van der Waals surface area (Å²) in [6, 6.07) is 27.5. The number of hydrogen-bond donors (Lipinski definition) is 2. The van der Waals surface area contributed by atoms with Crippen molar-refractivity contribution < 1.29 is 28.4 Å². The maximum atomic E-state index is 12.2. The summed E-state index contributed by atoms with van der Waals surface area (Å²) in [5.41, 5.74) is 8.50. The van der Waals surface area contributed by atoms with Gasteiger partial charge in [0.05, 0.1) is 29.4 Å². The molecule has 0 saturated carbocycles. The van der Waals surface area contributed by atoms with Crippen LogP contribution in [-0.2, 0) is 17.6 Å². The van der Waals surface area contributed by atoms with Crippen molar-refractivity contribution in [1.29, 1.82) is 10.5 Å². The highest BCUT2D eigenvalue weighted by Gasteiger charge is 2.32. The van der Waals surface area contributed by atoms with E-state index in [-0.39, 0.29) is 30.2 Å². The number of ether oxygens (including phenoxy) is 2. The fraction of sp³-hybridized carbons (Fsp3) is 0.392. The number of nitrogens with one attached hydrogen (secondary N) is 1. The van der Waals surface area contributed by atoms with Crippen LogP contribution in [0.2, 0.25) is 0 Å². The molecule has 4 atom stereocenters. The van der Waals surface area contributed by atoms with Gasteiger partial charge in [0.15, 0.2) is 0 Å². The van der Waals surface area contributed by atoms with Gasteiger partial charge in [-0.25, -0.2) is 0 Å². The molecular formula is C51H53N9O6. The van der Waals surface area contributed by atoms with Crippen LogP contribution >= 0.6 is 0 Å². The largest absolute Gasteiger partial charge is 0.490 e. The summed E-state index contributed by atoms with van der Waals surface area (Å²) in [6.07, 6.45) is 5.23. The quantitative estimate of drug-likeness (QED) is 0.0952. The minimum Gasteiger partial charge on any atom is -0.490 e. The van der Waals surface area contributed by atoms with Crippen molar-refractivity contribution in [1.82, 2.24) is 35.4 Å². The number of aliphatic hydroxyl groups excluding tert-OH is 1. The number of nitrogens with zero attached hydrogens (tertiary/aromatic N) is 8. The number of carbonyl (C=O) groups excluding carboxylic acids is 1. The summed E-state index contributed by atoms with van der Waals surface area (Å²) >= 11 is 0. The number of hydrogen-bond acceptors (Lipinski definition) is 14. The highest BCUT2D eigenvalue weighted by Crippen LogP contribution is 2.41. The summed E-state index contributed by atoms with van der Waals surface area (Å²) in [6.45, 7) is 9.23. The van der Waals surface area contributed by atoms with Gasteiger partial charge < -0.3 is 38.7 Å². The van der Waals surface area contributed by atoms with Crippen LogP contribution in [0.1, 0.15) is 91.9 Å². The number of likely N-dealkylation sites (tertiary alicyclic amines) is 1. The number of fused-ring (bicyclic) bond motifs is 2. The lowest BCUT2D eigenvalue weighted by Gasteiger charge is -2.24. The fourth-order valence-corrected chi connectivity index (χ4v) is 9.91. The minimum absolute atomic E-state index is 0.0476. The molecule has 6 aromatic rings. The van der Waals surface area contributed by atoms with Gasteiger partial charge in [0.25, 0.3) is 11.8 Å². The monoisotopic (exact) mass is 887 g/mol. The number of benzene rings is 4. The van der Waals surface area contributed by atoms with Crippen molar-refractivity contribution in [2.24, 2.45) is 5.92 Å². The normalized spacial score (nSPS) is 18.2. The molecule has 338 valence electrons. The predicted octanol–water partition coefficient (Wildman–Crippen LogP) is 7.85. The van der Waals surface area contributed by atoms with Gasteiger partial charge in [-0.3, -0.25) is 4.79 Å². The SMILES string of the molecule is CC(C)Oc1ccc(-c2nc(-c3cccc4c3CCC4NCCN3CCC(CC(C)Oc4ccc(-c5nc(-c6cccc7c6CCC7N(C)C(=O)CO)no5)cc4C#N)C3)no2)cc1C#N. The first-order valence-corrected chi connectivity index (χ1v) is 22.8. The van der Waals surface area contributed by atoms with Crippen molar-refractivity contribution in [2.45, 2.75) is 83.6 Å². The zero-order chi connectivity index (χ0) is 45.9. The third-order valence-corrected chi connectivity index (χ3v) is 13.1. The third-order valence-electron chi connectivity index (χ3n) is 13.1. The molecule has 9 rings (SSSR count). The van der Waals surface area contributed by atoms with Gasteiger partial charge in [0, 0.05) is 55.0 Å². The van der Waals surface area contributed by atoms with E-state index in [0.29, 0.717) is 63.1 Å². The van der Waals surface area contributed by atoms with E-state index in [1.165, 1.54) is 11.1 Å². The lowest BCUT2D eigenvalue weighted by atomic mass is 10.0. The van der Waals surface area contributed by atoms with E-state index in [1.54, 1.807) is 36.2 Å². The number of carbonyl (C=O) groups is 1. The molecule has 2 N–H and O–H groups in total. The number of amides is 1. The standard InChI is InChI=1S/C51H53N9O6/c1-30(2)63-45-17-11-33(24-35(45)26-52)50-55-48(57-65-50)41-9-5-7-39-37(41)13-15-43(39)54-20-22-60-21-19-32(28-60)23-31(3)64-46-18-12-34(25-36(46)27-53)51-56-49(58-66-51)42-10-6-8-40-38(42)14-16-44(40)59(4)47(62)29-61/h5-12,17-18,24-25,30-32,43-44,54,61H,13-16,19-23,28-29H2,1-4H3. The minimum atomic E-state index is -0.530. The van der Waals surface area contributed by atoms with E-state index in [2.05, 4.69) is 51.7 Å². The van der Waals surface area contributed by atoms with Crippen LogP contribution in [0.25, 0.3) is 45.7 Å². The maximum Gasteiger partial charge on any atom is 0.258 e. The second kappa shape index (κ2) is 19.3. The summed E-state index contributed by atoms with van der Waals surface area (Å²) in [7, 11) is 1.71. The number of rotatable bonds is 16. The van der Waals surface area contributed by atoms with Gasteiger partial charge in [0.2, 0.25) is 17.6 Å². The lowest BCUT2D eigenvalue weighted by Crippen LogP contribution is -2.32. The van der Waals surface area contributed by atoms with E-state index >= 15 is 0 Å². The first-order chi connectivity index (χ1) is 32.1. The number of aromatic nitrogens is 4. The molecular weight excluding hydrogens is 835 g/mol. The van der Waals surface area contributed by atoms with Crippen molar-refractivity contribution in [3.05, 3.63) is 106 Å². The molecule has 1 aliphatic heterocycles. The molecule has 15 heteroatoms. The third kappa shape index (κ3) is 9.15. The van der Waals surface area contributed by atoms with Gasteiger partial charge in [-0.15, -0.1) is 0 Å². The number of aliphatic hydroxyl groups is 1. The van der Waals surface area contributed by atoms with Crippen molar-refractivity contribution in [3.8, 4) is 69.3 Å². The Hall–Kier alpha value is -6.91. The molecule has 3 heterocycles. The number of likely N-dealkylation sites (N-methyl/N-ethyl adjacent to an activating group) is 1. The smallest absolute Gasteiger partial charge is 0.258 e. The Balaban J connectivity index is 0.760. The Bertz CT molecular complexity index is 2820. The van der Waals surface area contributed by atoms with Gasteiger partial charge in [0.1, 0.15) is 30.2 Å². The zero-order valence-corrected chi connectivity index (χ0v) is 37.7. The molecule has 66 heavy (non-hydrogen) atoms. The van der Waals surface area contributed by atoms with Gasteiger partial charge in [-0.1, -0.05) is 46.7 Å². The molecule has 1 fully saturated rings. The van der Waals surface area contributed by atoms with Crippen molar-refractivity contribution >= 4 is 5.91 Å². The highest BCUT2D eigenvalue weighted by atomic mass is 16.5. The van der Waals surface area contributed by atoms with Crippen LogP contribution in [0.4, 0.5) is 0 Å². The molecule has 2 aromatic heterocycles. The number of nitriles is 2. The maximum absolute atomic E-state index is 12.2. The van der Waals surface area contributed by atoms with Crippen molar-refractivity contribution in [2.75, 3.05) is 39.8 Å². The molecule has 4 aromatic carbocycles. The van der Waals surface area contributed by atoms with E-state index in [4.69, 9.17) is 28.5 Å². The lowest BCUT2D eigenvalue weighted by molar-refractivity contribution is -0.135. The Labute approximate surface area is 384 Å². The van der Waals surface area contributed by atoms with Gasteiger partial charge in [-0.2, -0.15) is 20.5 Å². The molecule has 15 nitrogen and oxygen atoms in total.